The van der Waals surface area contributed by atoms with Crippen LogP contribution in [0.5, 0.6) is 0 Å². The van der Waals surface area contributed by atoms with Crippen LogP contribution in [0.1, 0.15) is 17.0 Å². The average molecular weight is 430 g/mol. The van der Waals surface area contributed by atoms with Crippen LogP contribution in [0.2, 0.25) is 0 Å². The van der Waals surface area contributed by atoms with Crippen LogP contribution in [0, 0.1) is 19.7 Å². The molecule has 1 heterocycles. The zero-order chi connectivity index (χ0) is 22.7. The molecule has 1 aromatic heterocycles. The molecule has 0 aliphatic heterocycles. The predicted molar refractivity (Wildman–Crippen MR) is 122 cm³/mol. The number of carbonyl (C=O) groups excluding carboxylic acids is 2. The van der Waals surface area contributed by atoms with Crippen LogP contribution in [0.25, 0.3) is 16.5 Å². The van der Waals surface area contributed by atoms with Crippen molar-refractivity contribution in [2.24, 2.45) is 0 Å². The standard InChI is InChI=1S/C25H23FN4O2/c1-16-12-17(2)30(29-16)23-11-10-20(14-22(23)26)28-25(32)15-27-24(31)13-19-8-5-7-18-6-3-4-9-21(18)19/h3-12,14H,13,15H2,1-2H3,(H,27,31)(H,28,32). The molecular formula is C25H23FN4O2. The number of fused-ring (bicyclic) bond motifs is 1. The summed E-state index contributed by atoms with van der Waals surface area (Å²) in [6, 6.07) is 19.9. The Hall–Kier alpha value is -4.00. The molecule has 4 aromatic rings. The van der Waals surface area contributed by atoms with Crippen molar-refractivity contribution in [1.29, 1.82) is 0 Å². The summed E-state index contributed by atoms with van der Waals surface area (Å²) in [4.78, 5) is 24.6. The smallest absolute Gasteiger partial charge is 0.243 e. The predicted octanol–water partition coefficient (Wildman–Crippen LogP) is 4.08. The van der Waals surface area contributed by atoms with Crippen molar-refractivity contribution in [3.05, 3.63) is 89.5 Å². The molecule has 162 valence electrons. The minimum atomic E-state index is -0.506. The first-order chi connectivity index (χ1) is 15.4. The molecule has 0 saturated carbocycles. The number of rotatable bonds is 6. The van der Waals surface area contributed by atoms with Gasteiger partial charge in [-0.3, -0.25) is 9.59 Å². The van der Waals surface area contributed by atoms with Crippen molar-refractivity contribution in [3.63, 3.8) is 0 Å². The first-order valence-electron chi connectivity index (χ1n) is 10.3. The van der Waals surface area contributed by atoms with Crippen molar-refractivity contribution >= 4 is 28.3 Å². The Morgan fingerprint density at radius 1 is 0.969 bits per heavy atom. The van der Waals surface area contributed by atoms with Crippen molar-refractivity contribution in [3.8, 4) is 5.69 Å². The van der Waals surface area contributed by atoms with E-state index in [-0.39, 0.29) is 18.9 Å². The van der Waals surface area contributed by atoms with Crippen LogP contribution < -0.4 is 10.6 Å². The molecule has 7 heteroatoms. The lowest BCUT2D eigenvalue weighted by atomic mass is 10.0. The molecular weight excluding hydrogens is 407 g/mol. The second kappa shape index (κ2) is 9.01. The second-order valence-corrected chi connectivity index (χ2v) is 7.65. The van der Waals surface area contributed by atoms with Crippen molar-refractivity contribution in [1.82, 2.24) is 15.1 Å². The third-order valence-electron chi connectivity index (χ3n) is 5.15. The Morgan fingerprint density at radius 3 is 2.50 bits per heavy atom. The van der Waals surface area contributed by atoms with Gasteiger partial charge in [-0.25, -0.2) is 9.07 Å². The van der Waals surface area contributed by atoms with Gasteiger partial charge in [-0.05, 0) is 54.4 Å². The van der Waals surface area contributed by atoms with E-state index < -0.39 is 11.7 Å². The average Bonchev–Trinajstić information content (AvgIpc) is 3.10. The van der Waals surface area contributed by atoms with Gasteiger partial charge < -0.3 is 10.6 Å². The lowest BCUT2D eigenvalue weighted by molar-refractivity contribution is -0.123. The molecule has 0 unspecified atom stereocenters. The van der Waals surface area contributed by atoms with Gasteiger partial charge >= 0.3 is 0 Å². The van der Waals surface area contributed by atoms with Crippen LogP contribution in [0.4, 0.5) is 10.1 Å². The number of aryl methyl sites for hydroxylation is 2. The maximum atomic E-state index is 14.6. The zero-order valence-corrected chi connectivity index (χ0v) is 17.9. The van der Waals surface area contributed by atoms with E-state index in [9.17, 15) is 14.0 Å². The number of anilines is 1. The highest BCUT2D eigenvalue weighted by Crippen LogP contribution is 2.20. The van der Waals surface area contributed by atoms with Gasteiger partial charge in [-0.1, -0.05) is 42.5 Å². The molecule has 3 aromatic carbocycles. The van der Waals surface area contributed by atoms with Gasteiger partial charge in [0.2, 0.25) is 11.8 Å². The summed E-state index contributed by atoms with van der Waals surface area (Å²) in [6.45, 7) is 3.48. The maximum Gasteiger partial charge on any atom is 0.243 e. The maximum absolute atomic E-state index is 14.6. The number of aromatic nitrogens is 2. The summed E-state index contributed by atoms with van der Waals surface area (Å²) >= 11 is 0. The molecule has 2 amide bonds. The summed E-state index contributed by atoms with van der Waals surface area (Å²) in [6.07, 6.45) is 0.167. The molecule has 0 bridgehead atoms. The number of nitrogens with one attached hydrogen (secondary N) is 2. The molecule has 0 saturated heterocycles. The number of nitrogens with zero attached hydrogens (tertiary/aromatic N) is 2. The quantitative estimate of drug-likeness (QED) is 0.484. The van der Waals surface area contributed by atoms with Crippen LogP contribution in [-0.4, -0.2) is 28.1 Å². The van der Waals surface area contributed by atoms with E-state index in [0.29, 0.717) is 11.4 Å². The fourth-order valence-corrected chi connectivity index (χ4v) is 3.70. The van der Waals surface area contributed by atoms with Crippen molar-refractivity contribution in [2.45, 2.75) is 20.3 Å². The number of benzene rings is 3. The van der Waals surface area contributed by atoms with Gasteiger partial charge in [0, 0.05) is 11.4 Å². The number of halogens is 1. The molecule has 0 aliphatic carbocycles. The van der Waals surface area contributed by atoms with Gasteiger partial charge in [0.05, 0.1) is 18.7 Å². The van der Waals surface area contributed by atoms with Crippen molar-refractivity contribution in [2.75, 3.05) is 11.9 Å². The summed E-state index contributed by atoms with van der Waals surface area (Å²) in [7, 11) is 0. The third-order valence-corrected chi connectivity index (χ3v) is 5.15. The first kappa shape index (κ1) is 21.2. The second-order valence-electron chi connectivity index (χ2n) is 7.65. The van der Waals surface area contributed by atoms with E-state index in [1.807, 2.05) is 62.4 Å². The number of carbonyl (C=O) groups is 2. The van der Waals surface area contributed by atoms with E-state index in [1.54, 1.807) is 12.1 Å². The Labute approximate surface area is 185 Å². The minimum absolute atomic E-state index is 0.167. The minimum Gasteiger partial charge on any atom is -0.347 e. The zero-order valence-electron chi connectivity index (χ0n) is 17.9. The molecule has 32 heavy (non-hydrogen) atoms. The lowest BCUT2D eigenvalue weighted by Crippen LogP contribution is -2.33. The van der Waals surface area contributed by atoms with Crippen LogP contribution in [-0.2, 0) is 16.0 Å². The lowest BCUT2D eigenvalue weighted by Gasteiger charge is -2.10. The third kappa shape index (κ3) is 4.67. The molecule has 2 N–H and O–H groups in total. The first-order valence-corrected chi connectivity index (χ1v) is 10.3. The number of hydrogen-bond acceptors (Lipinski definition) is 3. The SMILES string of the molecule is Cc1cc(C)n(-c2ccc(NC(=O)CNC(=O)Cc3cccc4ccccc34)cc2F)n1. The van der Waals surface area contributed by atoms with E-state index in [1.165, 1.54) is 10.7 Å². The molecule has 0 spiro atoms. The Bertz CT molecular complexity index is 1310. The van der Waals surface area contributed by atoms with E-state index >= 15 is 0 Å². The Balaban J connectivity index is 1.35. The van der Waals surface area contributed by atoms with Gasteiger partial charge in [0.1, 0.15) is 5.69 Å². The normalized spacial score (nSPS) is 10.8. The number of amides is 2. The largest absolute Gasteiger partial charge is 0.347 e. The van der Waals surface area contributed by atoms with Gasteiger partial charge in [0.15, 0.2) is 5.82 Å². The van der Waals surface area contributed by atoms with E-state index in [0.717, 1.165) is 27.7 Å². The summed E-state index contributed by atoms with van der Waals surface area (Å²) in [5.41, 5.74) is 3.10. The van der Waals surface area contributed by atoms with Crippen LogP contribution in [0.3, 0.4) is 0 Å². The Morgan fingerprint density at radius 2 is 1.75 bits per heavy atom. The van der Waals surface area contributed by atoms with Crippen molar-refractivity contribution < 1.29 is 14.0 Å². The Kier molecular flexibility index (Phi) is 5.98. The molecule has 0 radical (unpaired) electrons. The van der Waals surface area contributed by atoms with Crippen LogP contribution >= 0.6 is 0 Å². The highest BCUT2D eigenvalue weighted by atomic mass is 19.1. The topological polar surface area (TPSA) is 76.0 Å². The highest BCUT2D eigenvalue weighted by Gasteiger charge is 2.12. The fourth-order valence-electron chi connectivity index (χ4n) is 3.70. The van der Waals surface area contributed by atoms with Gasteiger partial charge in [0.25, 0.3) is 0 Å². The van der Waals surface area contributed by atoms with Gasteiger partial charge in [-0.15, -0.1) is 0 Å². The van der Waals surface area contributed by atoms with E-state index in [4.69, 9.17) is 0 Å². The molecule has 0 fully saturated rings. The van der Waals surface area contributed by atoms with Gasteiger partial charge in [-0.2, -0.15) is 5.10 Å². The summed E-state index contributed by atoms with van der Waals surface area (Å²) in [5.74, 6) is -1.20. The molecule has 4 rings (SSSR count). The monoisotopic (exact) mass is 430 g/mol. The fraction of sp³-hybridized carbons (Fsp3) is 0.160. The summed E-state index contributed by atoms with van der Waals surface area (Å²) in [5, 5.41) is 11.6. The van der Waals surface area contributed by atoms with E-state index in [2.05, 4.69) is 15.7 Å². The highest BCUT2D eigenvalue weighted by molar-refractivity contribution is 5.96. The number of hydrogen-bond donors (Lipinski definition) is 2. The molecule has 0 atom stereocenters. The molecule has 6 nitrogen and oxygen atoms in total. The van der Waals surface area contributed by atoms with Crippen LogP contribution in [0.15, 0.2) is 66.7 Å². The summed E-state index contributed by atoms with van der Waals surface area (Å²) < 4.78 is 16.1. The molecule has 0 aliphatic rings.